The smallest absolute Gasteiger partial charge is 0.0563 e. The van der Waals surface area contributed by atoms with E-state index in [9.17, 15) is 0 Å². The Morgan fingerprint density at radius 3 is 2.90 bits per heavy atom. The van der Waals surface area contributed by atoms with Crippen LogP contribution in [0.5, 0.6) is 0 Å². The lowest BCUT2D eigenvalue weighted by Gasteiger charge is -2.32. The molecule has 4 heteroatoms. The summed E-state index contributed by atoms with van der Waals surface area (Å²) in [5.41, 5.74) is 10.7. The number of nitrogens with one attached hydrogen (secondary N) is 1. The maximum absolute atomic E-state index is 6.02. The van der Waals surface area contributed by atoms with Gasteiger partial charge in [-0.2, -0.15) is 0 Å². The van der Waals surface area contributed by atoms with Crippen molar-refractivity contribution in [2.75, 3.05) is 19.6 Å². The van der Waals surface area contributed by atoms with Gasteiger partial charge in [0.15, 0.2) is 0 Å². The molecule has 4 aliphatic rings. The van der Waals surface area contributed by atoms with Crippen molar-refractivity contribution < 1.29 is 0 Å². The molecule has 0 aromatic rings. The van der Waals surface area contributed by atoms with Gasteiger partial charge in [-0.05, 0) is 49.5 Å². The lowest BCUT2D eigenvalue weighted by atomic mass is 9.89. The average molecular weight is 274 g/mol. The number of likely N-dealkylation sites (tertiary alicyclic amines) is 1. The van der Waals surface area contributed by atoms with Gasteiger partial charge in [-0.15, -0.1) is 0 Å². The van der Waals surface area contributed by atoms with Crippen LogP contribution >= 0.6 is 0 Å². The summed E-state index contributed by atoms with van der Waals surface area (Å²) >= 11 is 0. The standard InChI is InChI=1S/C16H26N4/c17-15-4-6-19(10-15)16-3-5-18-20(11-16)9-14-8-12-1-2-13(14)7-12/h3,5,11-15,18H,1-2,4,6-10,17H2/t12?,13?,14?,15-/m1/s1. The number of hydrogen-bond donors (Lipinski definition) is 2. The molecule has 2 heterocycles. The summed E-state index contributed by atoms with van der Waals surface area (Å²) < 4.78 is 0. The predicted molar refractivity (Wildman–Crippen MR) is 80.2 cm³/mol. The number of hydrazine groups is 1. The predicted octanol–water partition coefficient (Wildman–Crippen LogP) is 1.63. The number of hydrogen-bond acceptors (Lipinski definition) is 4. The molecule has 110 valence electrons. The topological polar surface area (TPSA) is 44.5 Å². The lowest BCUT2D eigenvalue weighted by molar-refractivity contribution is 0.202. The first-order chi connectivity index (χ1) is 9.78. The number of nitrogens with zero attached hydrogens (tertiary/aromatic N) is 2. The first-order valence-electron chi connectivity index (χ1n) is 8.19. The monoisotopic (exact) mass is 274 g/mol. The van der Waals surface area contributed by atoms with Crippen LogP contribution in [0.25, 0.3) is 0 Å². The third-order valence-electron chi connectivity index (χ3n) is 5.69. The summed E-state index contributed by atoms with van der Waals surface area (Å²) in [6.45, 7) is 3.26. The Labute approximate surface area is 121 Å². The molecule has 20 heavy (non-hydrogen) atoms. The van der Waals surface area contributed by atoms with E-state index in [1.165, 1.54) is 31.4 Å². The molecular formula is C16H26N4. The van der Waals surface area contributed by atoms with Crippen LogP contribution in [0.4, 0.5) is 0 Å². The second-order valence-corrected chi connectivity index (χ2v) is 7.10. The van der Waals surface area contributed by atoms with Crippen molar-refractivity contribution in [3.63, 3.8) is 0 Å². The van der Waals surface area contributed by atoms with Crippen molar-refractivity contribution in [1.82, 2.24) is 15.3 Å². The average Bonchev–Trinajstić information content (AvgIpc) is 3.15. The summed E-state index contributed by atoms with van der Waals surface area (Å²) in [7, 11) is 0. The van der Waals surface area contributed by atoms with Crippen LogP contribution in [0.15, 0.2) is 24.2 Å². The second kappa shape index (κ2) is 4.99. The Bertz CT molecular complexity index is 430. The summed E-state index contributed by atoms with van der Waals surface area (Å²) in [4.78, 5) is 2.41. The van der Waals surface area contributed by atoms with Crippen molar-refractivity contribution in [3.05, 3.63) is 24.2 Å². The highest BCUT2D eigenvalue weighted by molar-refractivity contribution is 5.20. The number of rotatable bonds is 3. The summed E-state index contributed by atoms with van der Waals surface area (Å²) in [6.07, 6.45) is 13.5. The molecule has 2 aliphatic carbocycles. The Morgan fingerprint density at radius 2 is 2.20 bits per heavy atom. The second-order valence-electron chi connectivity index (χ2n) is 7.10. The van der Waals surface area contributed by atoms with E-state index in [1.54, 1.807) is 0 Å². The number of allylic oxidation sites excluding steroid dienone is 1. The van der Waals surface area contributed by atoms with Crippen LogP contribution in [0.2, 0.25) is 0 Å². The first kappa shape index (κ1) is 12.6. The molecule has 3 unspecified atom stereocenters. The number of nitrogens with two attached hydrogens (primary N) is 1. The van der Waals surface area contributed by atoms with Gasteiger partial charge in [-0.25, -0.2) is 0 Å². The maximum Gasteiger partial charge on any atom is 0.0563 e. The quantitative estimate of drug-likeness (QED) is 0.821. The molecule has 4 atom stereocenters. The number of fused-ring (bicyclic) bond motifs is 2. The maximum atomic E-state index is 6.02. The van der Waals surface area contributed by atoms with Gasteiger partial charge < -0.3 is 16.1 Å². The van der Waals surface area contributed by atoms with Gasteiger partial charge in [0.25, 0.3) is 0 Å². The highest BCUT2D eigenvalue weighted by atomic mass is 15.5. The van der Waals surface area contributed by atoms with Gasteiger partial charge in [-0.1, -0.05) is 6.42 Å². The third kappa shape index (κ3) is 2.30. The van der Waals surface area contributed by atoms with E-state index < -0.39 is 0 Å². The highest BCUT2D eigenvalue weighted by Gasteiger charge is 2.40. The van der Waals surface area contributed by atoms with Crippen molar-refractivity contribution >= 4 is 0 Å². The van der Waals surface area contributed by atoms with Gasteiger partial charge >= 0.3 is 0 Å². The van der Waals surface area contributed by atoms with E-state index in [4.69, 9.17) is 5.73 Å². The zero-order valence-electron chi connectivity index (χ0n) is 12.2. The molecule has 3 N–H and O–H groups in total. The summed E-state index contributed by atoms with van der Waals surface area (Å²) in [5.74, 6) is 2.92. The van der Waals surface area contributed by atoms with Crippen LogP contribution in [0.3, 0.4) is 0 Å². The third-order valence-corrected chi connectivity index (χ3v) is 5.69. The molecule has 2 saturated carbocycles. The van der Waals surface area contributed by atoms with E-state index in [0.717, 1.165) is 43.8 Å². The molecule has 0 aromatic heterocycles. The molecule has 0 aromatic carbocycles. The largest absolute Gasteiger partial charge is 0.369 e. The molecule has 0 spiro atoms. The Balaban J connectivity index is 1.39. The SMILES string of the molecule is N[C@@H]1CCN(C2=CN(CC3CC4CCC3C4)NC=C2)C1. The van der Waals surface area contributed by atoms with Crippen molar-refractivity contribution in [2.24, 2.45) is 23.5 Å². The molecule has 0 radical (unpaired) electrons. The zero-order valence-corrected chi connectivity index (χ0v) is 12.2. The lowest BCUT2D eigenvalue weighted by Crippen LogP contribution is -2.39. The molecule has 2 aliphatic heterocycles. The van der Waals surface area contributed by atoms with Crippen molar-refractivity contribution in [2.45, 2.75) is 38.1 Å². The van der Waals surface area contributed by atoms with E-state index in [1.807, 2.05) is 0 Å². The zero-order chi connectivity index (χ0) is 13.5. The van der Waals surface area contributed by atoms with Gasteiger partial charge in [0, 0.05) is 38.1 Å². The van der Waals surface area contributed by atoms with Gasteiger partial charge in [-0.3, -0.25) is 5.01 Å². The van der Waals surface area contributed by atoms with Gasteiger partial charge in [0.05, 0.1) is 5.70 Å². The first-order valence-corrected chi connectivity index (χ1v) is 8.19. The van der Waals surface area contributed by atoms with Crippen LogP contribution in [0.1, 0.15) is 32.1 Å². The van der Waals surface area contributed by atoms with Crippen molar-refractivity contribution in [1.29, 1.82) is 0 Å². The Morgan fingerprint density at radius 1 is 1.25 bits per heavy atom. The Kier molecular flexibility index (Phi) is 3.14. The van der Waals surface area contributed by atoms with Crippen LogP contribution < -0.4 is 11.2 Å². The van der Waals surface area contributed by atoms with E-state index >= 15 is 0 Å². The summed E-state index contributed by atoms with van der Waals surface area (Å²) in [6, 6.07) is 0.346. The summed E-state index contributed by atoms with van der Waals surface area (Å²) in [5, 5.41) is 2.30. The minimum Gasteiger partial charge on any atom is -0.369 e. The molecule has 1 saturated heterocycles. The fraction of sp³-hybridized carbons (Fsp3) is 0.750. The van der Waals surface area contributed by atoms with Crippen LogP contribution in [0, 0.1) is 17.8 Å². The van der Waals surface area contributed by atoms with E-state index in [0.29, 0.717) is 6.04 Å². The molecule has 4 nitrogen and oxygen atoms in total. The molecule has 2 bridgehead atoms. The minimum absolute atomic E-state index is 0.346. The minimum atomic E-state index is 0.346. The van der Waals surface area contributed by atoms with E-state index in [-0.39, 0.29) is 0 Å². The highest BCUT2D eigenvalue weighted by Crippen LogP contribution is 2.48. The Hall–Kier alpha value is -1.16. The van der Waals surface area contributed by atoms with Crippen molar-refractivity contribution in [3.8, 4) is 0 Å². The van der Waals surface area contributed by atoms with Crippen LogP contribution in [-0.2, 0) is 0 Å². The van der Waals surface area contributed by atoms with Gasteiger partial charge in [0.1, 0.15) is 0 Å². The fourth-order valence-corrected chi connectivity index (χ4v) is 4.63. The van der Waals surface area contributed by atoms with Gasteiger partial charge in [0.2, 0.25) is 0 Å². The molecule has 4 rings (SSSR count). The molecule has 0 amide bonds. The fourth-order valence-electron chi connectivity index (χ4n) is 4.63. The van der Waals surface area contributed by atoms with E-state index in [2.05, 4.69) is 33.8 Å². The molecule has 3 fully saturated rings. The normalized spacial score (nSPS) is 39.4. The molecular weight excluding hydrogens is 248 g/mol. The van der Waals surface area contributed by atoms with Crippen LogP contribution in [-0.4, -0.2) is 35.6 Å².